The number of rotatable bonds is 5. The largest absolute Gasteiger partial charge is 0.309 e. The fourth-order valence-electron chi connectivity index (χ4n) is 1.61. The predicted molar refractivity (Wildman–Crippen MR) is 75.2 cm³/mol. The van der Waals surface area contributed by atoms with Crippen LogP contribution in [-0.2, 0) is 13.1 Å². The lowest BCUT2D eigenvalue weighted by molar-refractivity contribution is 0.545. The molecule has 0 atom stereocenters. The molecule has 0 aliphatic rings. The van der Waals surface area contributed by atoms with Crippen LogP contribution in [0.2, 0.25) is 0 Å². The molecule has 0 unspecified atom stereocenters. The zero-order valence-corrected chi connectivity index (χ0v) is 12.2. The van der Waals surface area contributed by atoms with Gasteiger partial charge in [0.15, 0.2) is 0 Å². The van der Waals surface area contributed by atoms with Crippen molar-refractivity contribution < 1.29 is 0 Å². The Balaban J connectivity index is 2.05. The molecule has 2 aromatic heterocycles. The van der Waals surface area contributed by atoms with E-state index >= 15 is 0 Å². The molecule has 2 aromatic rings. The van der Waals surface area contributed by atoms with Crippen LogP contribution in [0.5, 0.6) is 0 Å². The maximum atomic E-state index is 4.36. The van der Waals surface area contributed by atoms with Gasteiger partial charge in [-0.25, -0.2) is 0 Å². The van der Waals surface area contributed by atoms with Crippen LogP contribution in [0, 0.1) is 0 Å². The van der Waals surface area contributed by atoms with Crippen LogP contribution in [0.1, 0.15) is 25.2 Å². The molecular formula is C13H17BrN4. The summed E-state index contributed by atoms with van der Waals surface area (Å²) >= 11 is 3.38. The standard InChI is InChI=1S/C13H17BrN4/c1-10(2)15-8-13-5-6-17-18(13)9-12-4-3-11(14)7-16-12/h3-7,10,15H,8-9H2,1-2H3. The van der Waals surface area contributed by atoms with E-state index in [9.17, 15) is 0 Å². The van der Waals surface area contributed by atoms with Crippen LogP contribution < -0.4 is 5.32 Å². The summed E-state index contributed by atoms with van der Waals surface area (Å²) in [4.78, 5) is 4.36. The van der Waals surface area contributed by atoms with E-state index in [0.29, 0.717) is 12.6 Å². The third-order valence-corrected chi connectivity index (χ3v) is 3.07. The van der Waals surface area contributed by atoms with E-state index < -0.39 is 0 Å². The van der Waals surface area contributed by atoms with E-state index in [-0.39, 0.29) is 0 Å². The Hall–Kier alpha value is -1.20. The van der Waals surface area contributed by atoms with E-state index in [0.717, 1.165) is 16.7 Å². The van der Waals surface area contributed by atoms with Crippen molar-refractivity contribution >= 4 is 15.9 Å². The first-order valence-electron chi connectivity index (χ1n) is 5.99. The Kier molecular flexibility index (Phi) is 4.49. The normalized spacial score (nSPS) is 11.1. The molecule has 2 heterocycles. The lowest BCUT2D eigenvalue weighted by Crippen LogP contribution is -2.24. The third-order valence-electron chi connectivity index (χ3n) is 2.60. The number of nitrogens with zero attached hydrogens (tertiary/aromatic N) is 3. The second kappa shape index (κ2) is 6.11. The molecule has 0 bridgehead atoms. The summed E-state index contributed by atoms with van der Waals surface area (Å²) < 4.78 is 2.97. The molecule has 0 fully saturated rings. The SMILES string of the molecule is CC(C)NCc1ccnn1Cc1ccc(Br)cn1. The summed E-state index contributed by atoms with van der Waals surface area (Å²) in [7, 11) is 0. The van der Waals surface area contributed by atoms with Crippen molar-refractivity contribution in [1.82, 2.24) is 20.1 Å². The lowest BCUT2D eigenvalue weighted by atomic mass is 10.3. The maximum Gasteiger partial charge on any atom is 0.0835 e. The summed E-state index contributed by atoms with van der Waals surface area (Å²) in [6.45, 7) is 5.80. The molecule has 0 aromatic carbocycles. The fraction of sp³-hybridized carbons (Fsp3) is 0.385. The van der Waals surface area contributed by atoms with Gasteiger partial charge in [0.2, 0.25) is 0 Å². The Labute approximate surface area is 116 Å². The van der Waals surface area contributed by atoms with Gasteiger partial charge in [-0.2, -0.15) is 5.10 Å². The molecule has 96 valence electrons. The number of hydrogen-bond acceptors (Lipinski definition) is 3. The molecule has 0 saturated carbocycles. The molecule has 0 aliphatic carbocycles. The fourth-order valence-corrected chi connectivity index (χ4v) is 1.85. The monoisotopic (exact) mass is 308 g/mol. The minimum atomic E-state index is 0.471. The van der Waals surface area contributed by atoms with Gasteiger partial charge < -0.3 is 5.32 Å². The van der Waals surface area contributed by atoms with E-state index in [1.807, 2.05) is 35.3 Å². The molecule has 5 heteroatoms. The van der Waals surface area contributed by atoms with Crippen molar-refractivity contribution in [2.24, 2.45) is 0 Å². The van der Waals surface area contributed by atoms with Gasteiger partial charge in [-0.05, 0) is 34.1 Å². The average molecular weight is 309 g/mol. The first-order chi connectivity index (χ1) is 8.65. The number of hydrogen-bond donors (Lipinski definition) is 1. The van der Waals surface area contributed by atoms with E-state index in [4.69, 9.17) is 0 Å². The number of aromatic nitrogens is 3. The maximum absolute atomic E-state index is 4.36. The van der Waals surface area contributed by atoms with Crippen LogP contribution in [0.4, 0.5) is 0 Å². The highest BCUT2D eigenvalue weighted by Gasteiger charge is 2.04. The van der Waals surface area contributed by atoms with Crippen molar-refractivity contribution in [2.45, 2.75) is 33.0 Å². The van der Waals surface area contributed by atoms with Gasteiger partial charge in [-0.3, -0.25) is 9.67 Å². The zero-order chi connectivity index (χ0) is 13.0. The van der Waals surface area contributed by atoms with Crippen molar-refractivity contribution in [2.75, 3.05) is 0 Å². The number of halogens is 1. The lowest BCUT2D eigenvalue weighted by Gasteiger charge is -2.10. The van der Waals surface area contributed by atoms with Crippen molar-refractivity contribution in [3.05, 3.63) is 46.5 Å². The van der Waals surface area contributed by atoms with Gasteiger partial charge in [0.25, 0.3) is 0 Å². The van der Waals surface area contributed by atoms with Crippen molar-refractivity contribution in [1.29, 1.82) is 0 Å². The Morgan fingerprint density at radius 3 is 2.83 bits per heavy atom. The number of pyridine rings is 1. The van der Waals surface area contributed by atoms with Crippen LogP contribution in [0.25, 0.3) is 0 Å². The van der Waals surface area contributed by atoms with Crippen molar-refractivity contribution in [3.8, 4) is 0 Å². The zero-order valence-electron chi connectivity index (χ0n) is 10.6. The molecule has 2 rings (SSSR count). The smallest absolute Gasteiger partial charge is 0.0835 e. The molecule has 0 spiro atoms. The summed E-state index contributed by atoms with van der Waals surface area (Å²) in [6.07, 6.45) is 3.64. The first kappa shape index (κ1) is 13.2. The minimum absolute atomic E-state index is 0.471. The quantitative estimate of drug-likeness (QED) is 0.923. The molecule has 0 aliphatic heterocycles. The number of nitrogens with one attached hydrogen (secondary N) is 1. The highest BCUT2D eigenvalue weighted by molar-refractivity contribution is 9.10. The van der Waals surface area contributed by atoms with Crippen LogP contribution in [0.3, 0.4) is 0 Å². The summed E-state index contributed by atoms with van der Waals surface area (Å²) in [5, 5.41) is 7.73. The van der Waals surface area contributed by atoms with Crippen LogP contribution in [0.15, 0.2) is 35.1 Å². The van der Waals surface area contributed by atoms with Gasteiger partial charge in [0.05, 0.1) is 17.9 Å². The third kappa shape index (κ3) is 3.65. The minimum Gasteiger partial charge on any atom is -0.309 e. The summed E-state index contributed by atoms with van der Waals surface area (Å²) in [5.41, 5.74) is 2.18. The van der Waals surface area contributed by atoms with E-state index in [2.05, 4.69) is 45.2 Å². The molecule has 4 nitrogen and oxygen atoms in total. The Morgan fingerprint density at radius 2 is 2.17 bits per heavy atom. The molecule has 1 N–H and O–H groups in total. The molecule has 18 heavy (non-hydrogen) atoms. The summed E-state index contributed by atoms with van der Waals surface area (Å²) in [6, 6.07) is 6.51. The van der Waals surface area contributed by atoms with Crippen LogP contribution in [-0.4, -0.2) is 20.8 Å². The van der Waals surface area contributed by atoms with E-state index in [1.165, 1.54) is 5.69 Å². The second-order valence-electron chi connectivity index (χ2n) is 4.48. The highest BCUT2D eigenvalue weighted by atomic mass is 79.9. The molecule has 0 radical (unpaired) electrons. The summed E-state index contributed by atoms with van der Waals surface area (Å²) in [5.74, 6) is 0. The predicted octanol–water partition coefficient (Wildman–Crippen LogP) is 2.59. The molecule has 0 saturated heterocycles. The van der Waals surface area contributed by atoms with Gasteiger partial charge in [-0.1, -0.05) is 13.8 Å². The van der Waals surface area contributed by atoms with Gasteiger partial charge in [-0.15, -0.1) is 0 Å². The Morgan fingerprint density at radius 1 is 1.33 bits per heavy atom. The van der Waals surface area contributed by atoms with Gasteiger partial charge in [0, 0.05) is 29.5 Å². The Bertz CT molecular complexity index is 490. The van der Waals surface area contributed by atoms with E-state index in [1.54, 1.807) is 0 Å². The second-order valence-corrected chi connectivity index (χ2v) is 5.40. The van der Waals surface area contributed by atoms with Gasteiger partial charge in [0.1, 0.15) is 0 Å². The topological polar surface area (TPSA) is 42.7 Å². The highest BCUT2D eigenvalue weighted by Crippen LogP contribution is 2.09. The van der Waals surface area contributed by atoms with Crippen molar-refractivity contribution in [3.63, 3.8) is 0 Å². The molecular weight excluding hydrogens is 292 g/mol. The first-order valence-corrected chi connectivity index (χ1v) is 6.79. The van der Waals surface area contributed by atoms with Gasteiger partial charge >= 0.3 is 0 Å². The van der Waals surface area contributed by atoms with Crippen LogP contribution >= 0.6 is 15.9 Å². The average Bonchev–Trinajstić information content (AvgIpc) is 2.77. The molecule has 0 amide bonds.